The molecule has 0 saturated heterocycles. The first-order chi connectivity index (χ1) is 23.1. The van der Waals surface area contributed by atoms with Gasteiger partial charge in [0.2, 0.25) is 5.91 Å². The number of benzene rings is 1. The molecule has 2 aromatic rings. The van der Waals surface area contributed by atoms with Crippen LogP contribution < -0.4 is 10.6 Å². The summed E-state index contributed by atoms with van der Waals surface area (Å²) in [6.45, 7) is 13.5. The smallest absolute Gasteiger partial charge is 0.309 e. The summed E-state index contributed by atoms with van der Waals surface area (Å²) in [5.41, 5.74) is -0.0206. The van der Waals surface area contributed by atoms with Crippen molar-refractivity contribution in [3.63, 3.8) is 0 Å². The van der Waals surface area contributed by atoms with Crippen LogP contribution in [0, 0.1) is 17.2 Å². The van der Waals surface area contributed by atoms with Crippen molar-refractivity contribution in [3.05, 3.63) is 45.7 Å². The molecule has 0 spiro atoms. The fraction of sp³-hybridized carbons (Fsp3) is 0.649. The SMILES string of the molecule is CCCCCCN(C(=O)CCCC)C(CC(OC(C)=O)c1nc(C(=O)NC(Cc2ccc(F)c(NC)c2)CC(C)(C)C(=O)O)cs1)C(C)C. The van der Waals surface area contributed by atoms with Crippen molar-refractivity contribution in [2.45, 2.75) is 131 Å². The van der Waals surface area contributed by atoms with Crippen LogP contribution in [0.15, 0.2) is 23.6 Å². The lowest BCUT2D eigenvalue weighted by molar-refractivity contribution is -0.149. The highest BCUT2D eigenvalue weighted by atomic mass is 32.1. The molecular formula is C37H57FN4O6S. The van der Waals surface area contributed by atoms with Gasteiger partial charge in [0.05, 0.1) is 11.1 Å². The van der Waals surface area contributed by atoms with Gasteiger partial charge in [0.15, 0.2) is 6.10 Å². The lowest BCUT2D eigenvalue weighted by Crippen LogP contribution is -2.45. The number of halogens is 1. The molecule has 0 aliphatic heterocycles. The van der Waals surface area contributed by atoms with E-state index in [4.69, 9.17) is 4.74 Å². The van der Waals surface area contributed by atoms with Crippen molar-refractivity contribution >= 4 is 40.8 Å². The molecule has 12 heteroatoms. The third kappa shape index (κ3) is 13.4. The quantitative estimate of drug-likeness (QED) is 0.0835. The second-order valence-corrected chi connectivity index (χ2v) is 14.7. The highest BCUT2D eigenvalue weighted by molar-refractivity contribution is 7.09. The minimum absolute atomic E-state index is 0.0748. The number of carbonyl (C=O) groups is 4. The molecule has 0 aliphatic carbocycles. The van der Waals surface area contributed by atoms with E-state index in [0.29, 0.717) is 30.1 Å². The number of nitrogens with one attached hydrogen (secondary N) is 2. The second kappa shape index (κ2) is 20.2. The molecule has 3 unspecified atom stereocenters. The maximum Gasteiger partial charge on any atom is 0.309 e. The van der Waals surface area contributed by atoms with Crippen molar-refractivity contribution in [1.82, 2.24) is 15.2 Å². The van der Waals surface area contributed by atoms with Crippen LogP contribution in [0.4, 0.5) is 10.1 Å². The molecule has 274 valence electrons. The average Bonchev–Trinajstić information content (AvgIpc) is 3.53. The Labute approximate surface area is 295 Å². The molecule has 2 amide bonds. The zero-order valence-corrected chi connectivity index (χ0v) is 31.4. The predicted octanol–water partition coefficient (Wildman–Crippen LogP) is 7.78. The zero-order valence-electron chi connectivity index (χ0n) is 30.6. The zero-order chi connectivity index (χ0) is 36.7. The first kappa shape index (κ1) is 41.6. The summed E-state index contributed by atoms with van der Waals surface area (Å²) in [6, 6.07) is 3.76. The molecule has 0 fully saturated rings. The molecule has 0 saturated carbocycles. The summed E-state index contributed by atoms with van der Waals surface area (Å²) in [5, 5.41) is 17.6. The van der Waals surface area contributed by atoms with Crippen LogP contribution in [0.3, 0.4) is 0 Å². The van der Waals surface area contributed by atoms with E-state index in [1.807, 2.05) is 4.90 Å². The van der Waals surface area contributed by atoms with Gasteiger partial charge in [-0.15, -0.1) is 11.3 Å². The molecule has 0 radical (unpaired) electrons. The molecular weight excluding hydrogens is 647 g/mol. The number of aromatic nitrogens is 1. The number of carboxylic acid groups (broad SMARTS) is 1. The van der Waals surface area contributed by atoms with Crippen molar-refractivity contribution in [2.75, 3.05) is 18.9 Å². The first-order valence-corrected chi connectivity index (χ1v) is 18.4. The summed E-state index contributed by atoms with van der Waals surface area (Å²) < 4.78 is 19.9. The maximum absolute atomic E-state index is 14.1. The van der Waals surface area contributed by atoms with E-state index in [0.717, 1.165) is 44.1 Å². The van der Waals surface area contributed by atoms with Gasteiger partial charge in [-0.25, -0.2) is 9.37 Å². The fourth-order valence-corrected chi connectivity index (χ4v) is 6.73. The maximum atomic E-state index is 14.1. The van der Waals surface area contributed by atoms with Crippen LogP contribution in [0.1, 0.15) is 133 Å². The largest absolute Gasteiger partial charge is 0.481 e. The molecule has 1 heterocycles. The Morgan fingerprint density at radius 2 is 1.78 bits per heavy atom. The van der Waals surface area contributed by atoms with Crippen molar-refractivity contribution in [1.29, 1.82) is 0 Å². The van der Waals surface area contributed by atoms with Crippen molar-refractivity contribution in [3.8, 4) is 0 Å². The van der Waals surface area contributed by atoms with Crippen molar-refractivity contribution in [2.24, 2.45) is 11.3 Å². The molecule has 3 atom stereocenters. The summed E-state index contributed by atoms with van der Waals surface area (Å²) in [4.78, 5) is 57.9. The Hall–Kier alpha value is -3.54. The molecule has 0 bridgehead atoms. The molecule has 3 N–H and O–H groups in total. The number of ether oxygens (including phenoxy) is 1. The first-order valence-electron chi connectivity index (χ1n) is 17.6. The Morgan fingerprint density at radius 3 is 2.37 bits per heavy atom. The molecule has 1 aromatic heterocycles. The standard InChI is InChI=1S/C37H57FN4O6S/c1-9-11-13-14-18-42(33(44)15-12-10-2)31(24(3)4)21-32(48-25(5)43)35-41-30(23-49-35)34(45)40-27(22-37(6,7)36(46)47)19-26-16-17-28(38)29(20-26)39-8/h16-17,20,23-24,27,31-32,39H,9-15,18-19,21-22H2,1-8H3,(H,40,45)(H,46,47). The summed E-state index contributed by atoms with van der Waals surface area (Å²) >= 11 is 1.20. The summed E-state index contributed by atoms with van der Waals surface area (Å²) in [7, 11) is 1.61. The van der Waals surface area contributed by atoms with Crippen LogP contribution in [0.5, 0.6) is 0 Å². The lowest BCUT2D eigenvalue weighted by atomic mass is 9.84. The number of hydrogen-bond donors (Lipinski definition) is 3. The third-order valence-electron chi connectivity index (χ3n) is 8.73. The van der Waals surface area contributed by atoms with Crippen LogP contribution in [-0.4, -0.2) is 64.4 Å². The Kier molecular flexibility index (Phi) is 17.2. The molecule has 2 rings (SSSR count). The summed E-state index contributed by atoms with van der Waals surface area (Å²) in [6.07, 6.45) is 6.23. The number of esters is 1. The number of aliphatic carboxylic acids is 1. The van der Waals surface area contributed by atoms with E-state index in [9.17, 15) is 28.7 Å². The van der Waals surface area contributed by atoms with Gasteiger partial charge in [-0.05, 0) is 63.1 Å². The third-order valence-corrected chi connectivity index (χ3v) is 9.67. The van der Waals surface area contributed by atoms with Crippen LogP contribution in [0.2, 0.25) is 0 Å². The number of hydrogen-bond acceptors (Lipinski definition) is 8. The van der Waals surface area contributed by atoms with E-state index in [1.165, 1.54) is 24.3 Å². The number of thiazole rings is 1. The number of carboxylic acids is 1. The fourth-order valence-electron chi connectivity index (χ4n) is 5.89. The molecule has 10 nitrogen and oxygen atoms in total. The average molecular weight is 705 g/mol. The number of amides is 2. The highest BCUT2D eigenvalue weighted by Gasteiger charge is 2.34. The number of carbonyl (C=O) groups excluding carboxylic acids is 3. The van der Waals surface area contributed by atoms with Gasteiger partial charge < -0.3 is 25.4 Å². The minimum atomic E-state index is -1.15. The monoisotopic (exact) mass is 704 g/mol. The highest BCUT2D eigenvalue weighted by Crippen LogP contribution is 2.32. The van der Waals surface area contributed by atoms with Gasteiger partial charge in [0.25, 0.3) is 5.91 Å². The van der Waals surface area contributed by atoms with Gasteiger partial charge in [-0.1, -0.05) is 59.4 Å². The summed E-state index contributed by atoms with van der Waals surface area (Å²) in [5.74, 6) is -2.24. The Balaban J connectivity index is 2.37. The van der Waals surface area contributed by atoms with E-state index >= 15 is 0 Å². The number of unbranched alkanes of at least 4 members (excludes halogenated alkanes) is 4. The molecule has 0 aliphatic rings. The minimum Gasteiger partial charge on any atom is -0.481 e. The number of anilines is 1. The van der Waals surface area contributed by atoms with Gasteiger partial charge in [0.1, 0.15) is 16.5 Å². The number of rotatable bonds is 22. The van der Waals surface area contributed by atoms with Gasteiger partial charge >= 0.3 is 11.9 Å². The Bertz CT molecular complexity index is 1380. The van der Waals surface area contributed by atoms with E-state index < -0.39 is 41.2 Å². The van der Waals surface area contributed by atoms with E-state index in [-0.39, 0.29) is 36.4 Å². The molecule has 49 heavy (non-hydrogen) atoms. The second-order valence-electron chi connectivity index (χ2n) is 13.8. The number of nitrogens with zero attached hydrogens (tertiary/aromatic N) is 2. The Morgan fingerprint density at radius 1 is 1.08 bits per heavy atom. The van der Waals surface area contributed by atoms with Gasteiger partial charge in [-0.3, -0.25) is 19.2 Å². The molecule has 1 aromatic carbocycles. The van der Waals surface area contributed by atoms with E-state index in [2.05, 4.69) is 43.3 Å². The van der Waals surface area contributed by atoms with Gasteiger partial charge in [0, 0.05) is 50.8 Å². The topological polar surface area (TPSA) is 138 Å². The van der Waals surface area contributed by atoms with Crippen LogP contribution in [-0.2, 0) is 25.5 Å². The normalized spacial score (nSPS) is 13.4. The van der Waals surface area contributed by atoms with Crippen LogP contribution >= 0.6 is 11.3 Å². The van der Waals surface area contributed by atoms with Crippen molar-refractivity contribution < 1.29 is 33.4 Å². The lowest BCUT2D eigenvalue weighted by Gasteiger charge is -2.36. The van der Waals surface area contributed by atoms with E-state index in [1.54, 1.807) is 38.4 Å². The van der Waals surface area contributed by atoms with Crippen LogP contribution in [0.25, 0.3) is 0 Å². The predicted molar refractivity (Wildman–Crippen MR) is 192 cm³/mol. The van der Waals surface area contributed by atoms with Gasteiger partial charge in [-0.2, -0.15) is 0 Å².